The monoisotopic (exact) mass is 323 g/mol. The number of nitriles is 1. The number of Topliss-reactive ketones (excluding diaryl/α,β-unsaturated/α-hetero) is 1. The number of carbonyl (C=O) groups excluding carboxylic acids is 1. The Morgan fingerprint density at radius 3 is 2.46 bits per heavy atom. The summed E-state index contributed by atoms with van der Waals surface area (Å²) in [4.78, 5) is 11.8. The molecule has 0 saturated heterocycles. The van der Waals surface area contributed by atoms with Gasteiger partial charge in [0.2, 0.25) is 0 Å². The predicted octanol–water partition coefficient (Wildman–Crippen LogP) is 5.57. The number of aryl methyl sites for hydroxylation is 1. The van der Waals surface area contributed by atoms with E-state index in [9.17, 15) is 10.1 Å². The first-order valence-electron chi connectivity index (χ1n) is 9.68. The van der Waals surface area contributed by atoms with Crippen molar-refractivity contribution in [2.45, 2.75) is 77.0 Å². The molecular weight excluding hydrogens is 294 g/mol. The summed E-state index contributed by atoms with van der Waals surface area (Å²) in [6.45, 7) is 2.21. The molecule has 0 bridgehead atoms. The summed E-state index contributed by atoms with van der Waals surface area (Å²) in [6.07, 6.45) is 9.85. The van der Waals surface area contributed by atoms with Crippen molar-refractivity contribution in [1.29, 1.82) is 5.26 Å². The third-order valence-corrected chi connectivity index (χ3v) is 6.35. The van der Waals surface area contributed by atoms with Gasteiger partial charge in [-0.25, -0.2) is 0 Å². The molecule has 24 heavy (non-hydrogen) atoms. The van der Waals surface area contributed by atoms with Crippen LogP contribution in [-0.4, -0.2) is 5.78 Å². The molecule has 3 rings (SSSR count). The standard InChI is InChI=1S/C22H29NO/c1-2-4-17-7-9-18(10-8-17)19-11-13-22(16-23,14-12-19)20-5-3-6-21(24)15-20/h7-10,19-20H,2-6,11-15H2,1H3/t19-,20-,22+/m1/s1. The van der Waals surface area contributed by atoms with E-state index in [-0.39, 0.29) is 5.41 Å². The summed E-state index contributed by atoms with van der Waals surface area (Å²) in [5.41, 5.74) is 2.61. The third kappa shape index (κ3) is 3.56. The van der Waals surface area contributed by atoms with E-state index < -0.39 is 0 Å². The summed E-state index contributed by atoms with van der Waals surface area (Å²) >= 11 is 0. The average Bonchev–Trinajstić information content (AvgIpc) is 2.63. The molecule has 1 atom stereocenters. The van der Waals surface area contributed by atoms with E-state index in [1.54, 1.807) is 0 Å². The van der Waals surface area contributed by atoms with Crippen molar-refractivity contribution in [3.63, 3.8) is 0 Å². The van der Waals surface area contributed by atoms with Crippen molar-refractivity contribution in [2.24, 2.45) is 11.3 Å². The molecule has 0 aromatic heterocycles. The second kappa shape index (κ2) is 7.51. The predicted molar refractivity (Wildman–Crippen MR) is 96.7 cm³/mol. The number of benzene rings is 1. The molecular formula is C22H29NO. The number of carbonyl (C=O) groups is 1. The van der Waals surface area contributed by atoms with Gasteiger partial charge in [-0.3, -0.25) is 4.79 Å². The minimum absolute atomic E-state index is 0.241. The van der Waals surface area contributed by atoms with Gasteiger partial charge >= 0.3 is 0 Å². The van der Waals surface area contributed by atoms with Gasteiger partial charge in [-0.15, -0.1) is 0 Å². The molecule has 0 spiro atoms. The molecule has 2 aliphatic carbocycles. The molecule has 0 radical (unpaired) electrons. The van der Waals surface area contributed by atoms with Crippen LogP contribution in [0.25, 0.3) is 0 Å². The van der Waals surface area contributed by atoms with Crippen molar-refractivity contribution in [3.8, 4) is 6.07 Å². The third-order valence-electron chi connectivity index (χ3n) is 6.35. The van der Waals surface area contributed by atoms with E-state index in [0.717, 1.165) is 51.4 Å². The highest BCUT2D eigenvalue weighted by molar-refractivity contribution is 5.79. The smallest absolute Gasteiger partial charge is 0.133 e. The Hall–Kier alpha value is -1.62. The zero-order chi connectivity index (χ0) is 17.0. The molecule has 128 valence electrons. The molecule has 1 aromatic carbocycles. The fraction of sp³-hybridized carbons (Fsp3) is 0.636. The second-order valence-electron chi connectivity index (χ2n) is 7.87. The fourth-order valence-electron chi connectivity index (χ4n) is 4.82. The van der Waals surface area contributed by atoms with Gasteiger partial charge in [0.05, 0.1) is 11.5 Å². The molecule has 2 saturated carbocycles. The molecule has 2 heteroatoms. The minimum Gasteiger partial charge on any atom is -0.300 e. The van der Waals surface area contributed by atoms with Crippen molar-refractivity contribution in [2.75, 3.05) is 0 Å². The van der Waals surface area contributed by atoms with Gasteiger partial charge in [0.15, 0.2) is 0 Å². The highest BCUT2D eigenvalue weighted by Gasteiger charge is 2.43. The van der Waals surface area contributed by atoms with Crippen LogP contribution in [0, 0.1) is 22.7 Å². The maximum absolute atomic E-state index is 11.8. The second-order valence-corrected chi connectivity index (χ2v) is 7.87. The Balaban J connectivity index is 1.65. The summed E-state index contributed by atoms with van der Waals surface area (Å²) < 4.78 is 0. The first-order valence-corrected chi connectivity index (χ1v) is 9.68. The summed E-state index contributed by atoms with van der Waals surface area (Å²) in [7, 11) is 0. The van der Waals surface area contributed by atoms with Crippen LogP contribution in [0.3, 0.4) is 0 Å². The largest absolute Gasteiger partial charge is 0.300 e. The summed E-state index contributed by atoms with van der Waals surface area (Å²) in [6, 6.07) is 11.8. The molecule has 0 N–H and O–H groups in total. The SMILES string of the molecule is CCCc1ccc([C@H]2CC[C@@](C#N)([C@@H]3CCCC(=O)C3)CC2)cc1. The normalized spacial score (nSPS) is 30.8. The van der Waals surface area contributed by atoms with Crippen LogP contribution in [0.5, 0.6) is 0 Å². The lowest BCUT2D eigenvalue weighted by Gasteiger charge is -2.42. The maximum Gasteiger partial charge on any atom is 0.133 e. The van der Waals surface area contributed by atoms with Gasteiger partial charge in [0.25, 0.3) is 0 Å². The first-order chi connectivity index (χ1) is 11.7. The van der Waals surface area contributed by atoms with E-state index in [0.29, 0.717) is 24.0 Å². The van der Waals surface area contributed by atoms with Crippen LogP contribution in [0.2, 0.25) is 0 Å². The van der Waals surface area contributed by atoms with Crippen molar-refractivity contribution < 1.29 is 4.79 Å². The molecule has 2 fully saturated rings. The zero-order valence-corrected chi connectivity index (χ0v) is 14.9. The van der Waals surface area contributed by atoms with E-state index in [1.165, 1.54) is 17.5 Å². The van der Waals surface area contributed by atoms with Crippen LogP contribution in [0.1, 0.15) is 81.8 Å². The van der Waals surface area contributed by atoms with E-state index in [2.05, 4.69) is 37.3 Å². The molecule has 0 amide bonds. The maximum atomic E-state index is 11.8. The number of nitrogens with zero attached hydrogens (tertiary/aromatic N) is 1. The number of rotatable bonds is 4. The minimum atomic E-state index is -0.241. The first kappa shape index (κ1) is 17.2. The summed E-state index contributed by atoms with van der Waals surface area (Å²) in [5.74, 6) is 1.26. The fourth-order valence-corrected chi connectivity index (χ4v) is 4.82. The molecule has 0 unspecified atom stereocenters. The Kier molecular flexibility index (Phi) is 5.39. The molecule has 0 heterocycles. The lowest BCUT2D eigenvalue weighted by molar-refractivity contribution is -0.123. The van der Waals surface area contributed by atoms with E-state index in [4.69, 9.17) is 0 Å². The summed E-state index contributed by atoms with van der Waals surface area (Å²) in [5, 5.41) is 9.87. The van der Waals surface area contributed by atoms with Crippen molar-refractivity contribution in [3.05, 3.63) is 35.4 Å². The van der Waals surface area contributed by atoms with Gasteiger partial charge in [-0.1, -0.05) is 37.6 Å². The van der Waals surface area contributed by atoms with Crippen LogP contribution >= 0.6 is 0 Å². The van der Waals surface area contributed by atoms with Gasteiger partial charge in [0, 0.05) is 12.8 Å². The Morgan fingerprint density at radius 1 is 1.17 bits per heavy atom. The Bertz CT molecular complexity index is 602. The van der Waals surface area contributed by atoms with E-state index in [1.807, 2.05) is 0 Å². The van der Waals surface area contributed by atoms with Gasteiger partial charge in [-0.2, -0.15) is 5.26 Å². The highest BCUT2D eigenvalue weighted by Crippen LogP contribution is 2.50. The van der Waals surface area contributed by atoms with Crippen LogP contribution < -0.4 is 0 Å². The van der Waals surface area contributed by atoms with Crippen LogP contribution in [0.4, 0.5) is 0 Å². The molecule has 2 nitrogen and oxygen atoms in total. The van der Waals surface area contributed by atoms with Crippen LogP contribution in [0.15, 0.2) is 24.3 Å². The topological polar surface area (TPSA) is 40.9 Å². The van der Waals surface area contributed by atoms with E-state index >= 15 is 0 Å². The number of hydrogen-bond acceptors (Lipinski definition) is 2. The molecule has 1 aromatic rings. The average molecular weight is 323 g/mol. The highest BCUT2D eigenvalue weighted by atomic mass is 16.1. The zero-order valence-electron chi connectivity index (χ0n) is 14.9. The number of ketones is 1. The Labute approximate surface area is 146 Å². The van der Waals surface area contributed by atoms with Gasteiger partial charge < -0.3 is 0 Å². The lowest BCUT2D eigenvalue weighted by Crippen LogP contribution is -2.36. The van der Waals surface area contributed by atoms with Gasteiger partial charge in [-0.05, 0) is 67.9 Å². The Morgan fingerprint density at radius 2 is 1.88 bits per heavy atom. The van der Waals surface area contributed by atoms with Crippen molar-refractivity contribution in [1.82, 2.24) is 0 Å². The lowest BCUT2D eigenvalue weighted by atomic mass is 9.60. The molecule has 0 aliphatic heterocycles. The van der Waals surface area contributed by atoms with Crippen LogP contribution in [-0.2, 0) is 11.2 Å². The van der Waals surface area contributed by atoms with Gasteiger partial charge in [0.1, 0.15) is 5.78 Å². The molecule has 2 aliphatic rings. The quantitative estimate of drug-likeness (QED) is 0.727. The number of hydrogen-bond donors (Lipinski definition) is 0. The van der Waals surface area contributed by atoms with Crippen molar-refractivity contribution >= 4 is 5.78 Å².